The first-order valence-corrected chi connectivity index (χ1v) is 5.36. The highest BCUT2D eigenvalue weighted by molar-refractivity contribution is 7.71. The van der Waals surface area contributed by atoms with E-state index in [9.17, 15) is 4.79 Å². The van der Waals surface area contributed by atoms with Crippen molar-refractivity contribution in [2.45, 2.75) is 6.54 Å². The predicted molar refractivity (Wildman–Crippen MR) is 57.5 cm³/mol. The maximum Gasteiger partial charge on any atom is 0.342 e. The topological polar surface area (TPSA) is 66.0 Å². The van der Waals surface area contributed by atoms with E-state index in [1.165, 1.54) is 4.57 Å². The molecular formula is C8H14N4O2S. The van der Waals surface area contributed by atoms with Crippen molar-refractivity contribution < 1.29 is 4.74 Å². The lowest BCUT2D eigenvalue weighted by atomic mass is 10.4. The van der Waals surface area contributed by atoms with Crippen molar-refractivity contribution >= 4 is 12.2 Å². The fourth-order valence-corrected chi connectivity index (χ4v) is 1.83. The van der Waals surface area contributed by atoms with Gasteiger partial charge in [-0.15, -0.1) is 0 Å². The van der Waals surface area contributed by atoms with E-state index in [2.05, 4.69) is 15.1 Å². The van der Waals surface area contributed by atoms with Gasteiger partial charge in [-0.05, 0) is 12.2 Å². The largest absolute Gasteiger partial charge is 0.379 e. The number of H-pyrrole nitrogens is 2. The molecule has 1 aromatic rings. The summed E-state index contributed by atoms with van der Waals surface area (Å²) in [5, 5.41) is 5.08. The lowest BCUT2D eigenvalue weighted by molar-refractivity contribution is 0.0362. The number of ether oxygens (including phenoxy) is 1. The fraction of sp³-hybridized carbons (Fsp3) is 0.750. The van der Waals surface area contributed by atoms with Crippen LogP contribution in [-0.4, -0.2) is 52.5 Å². The van der Waals surface area contributed by atoms with E-state index in [0.717, 1.165) is 32.8 Å². The molecule has 0 saturated carbocycles. The third-order valence-corrected chi connectivity index (χ3v) is 2.83. The quantitative estimate of drug-likeness (QED) is 0.691. The van der Waals surface area contributed by atoms with Crippen molar-refractivity contribution in [3.63, 3.8) is 0 Å². The predicted octanol–water partition coefficient (Wildman–Crippen LogP) is -0.434. The summed E-state index contributed by atoms with van der Waals surface area (Å²) in [6, 6.07) is 0. The summed E-state index contributed by atoms with van der Waals surface area (Å²) in [7, 11) is 0. The maximum absolute atomic E-state index is 11.3. The van der Waals surface area contributed by atoms with E-state index in [0.29, 0.717) is 11.3 Å². The molecule has 1 aliphatic heterocycles. The molecule has 1 aromatic heterocycles. The molecule has 0 unspecified atom stereocenters. The summed E-state index contributed by atoms with van der Waals surface area (Å²) < 4.78 is 7.23. The number of morpholine rings is 1. The average molecular weight is 230 g/mol. The Morgan fingerprint density at radius 3 is 2.60 bits per heavy atom. The Balaban J connectivity index is 1.92. The first kappa shape index (κ1) is 10.6. The van der Waals surface area contributed by atoms with Gasteiger partial charge in [0.05, 0.1) is 13.2 Å². The molecule has 2 N–H and O–H groups in total. The van der Waals surface area contributed by atoms with E-state index in [1.807, 2.05) is 0 Å². The van der Waals surface area contributed by atoms with E-state index in [1.54, 1.807) is 0 Å². The van der Waals surface area contributed by atoms with Crippen LogP contribution in [0.5, 0.6) is 0 Å². The van der Waals surface area contributed by atoms with Crippen LogP contribution in [0.15, 0.2) is 4.79 Å². The van der Waals surface area contributed by atoms with E-state index >= 15 is 0 Å². The van der Waals surface area contributed by atoms with Gasteiger partial charge in [-0.3, -0.25) is 14.6 Å². The monoisotopic (exact) mass is 230 g/mol. The molecule has 84 valence electrons. The molecule has 0 aromatic carbocycles. The normalized spacial score (nSPS) is 18.1. The Hall–Kier alpha value is -0.920. The van der Waals surface area contributed by atoms with Gasteiger partial charge in [-0.2, -0.15) is 0 Å². The van der Waals surface area contributed by atoms with Gasteiger partial charge in [0.1, 0.15) is 0 Å². The Bertz CT molecular complexity index is 387. The van der Waals surface area contributed by atoms with Crippen molar-refractivity contribution in [2.24, 2.45) is 0 Å². The molecular weight excluding hydrogens is 216 g/mol. The van der Waals surface area contributed by atoms with Gasteiger partial charge in [0, 0.05) is 26.2 Å². The molecule has 0 radical (unpaired) electrons. The minimum Gasteiger partial charge on any atom is -0.379 e. The van der Waals surface area contributed by atoms with Crippen molar-refractivity contribution in [1.82, 2.24) is 19.7 Å². The van der Waals surface area contributed by atoms with Crippen LogP contribution in [0.25, 0.3) is 0 Å². The average Bonchev–Trinajstić information content (AvgIpc) is 2.58. The van der Waals surface area contributed by atoms with Gasteiger partial charge in [0.2, 0.25) is 0 Å². The molecule has 7 heteroatoms. The first-order valence-electron chi connectivity index (χ1n) is 4.95. The number of rotatable bonds is 3. The molecule has 15 heavy (non-hydrogen) atoms. The van der Waals surface area contributed by atoms with Crippen molar-refractivity contribution in [3.05, 3.63) is 15.3 Å². The molecule has 2 rings (SSSR count). The molecule has 1 saturated heterocycles. The molecule has 0 atom stereocenters. The highest BCUT2D eigenvalue weighted by atomic mass is 32.1. The lowest BCUT2D eigenvalue weighted by Gasteiger charge is -2.26. The second-order valence-electron chi connectivity index (χ2n) is 3.47. The van der Waals surface area contributed by atoms with Crippen LogP contribution in [0, 0.1) is 4.77 Å². The molecule has 6 nitrogen and oxygen atoms in total. The number of aromatic nitrogens is 3. The van der Waals surface area contributed by atoms with Crippen LogP contribution < -0.4 is 5.69 Å². The van der Waals surface area contributed by atoms with Crippen LogP contribution in [0.1, 0.15) is 0 Å². The first-order chi connectivity index (χ1) is 7.27. The minimum absolute atomic E-state index is 0.173. The number of hydrogen-bond acceptors (Lipinski definition) is 4. The smallest absolute Gasteiger partial charge is 0.342 e. The lowest BCUT2D eigenvalue weighted by Crippen LogP contribution is -2.39. The third-order valence-electron chi connectivity index (χ3n) is 2.51. The summed E-state index contributed by atoms with van der Waals surface area (Å²) >= 11 is 4.97. The molecule has 0 amide bonds. The molecule has 2 heterocycles. The summed E-state index contributed by atoms with van der Waals surface area (Å²) in [4.78, 5) is 13.5. The van der Waals surface area contributed by atoms with E-state index in [-0.39, 0.29) is 5.69 Å². The number of nitrogens with one attached hydrogen (secondary N) is 2. The molecule has 1 aliphatic rings. The van der Waals surface area contributed by atoms with Crippen molar-refractivity contribution in [2.75, 3.05) is 32.8 Å². The zero-order valence-electron chi connectivity index (χ0n) is 8.36. The van der Waals surface area contributed by atoms with Crippen LogP contribution >= 0.6 is 12.2 Å². The van der Waals surface area contributed by atoms with Crippen molar-refractivity contribution in [3.8, 4) is 0 Å². The van der Waals surface area contributed by atoms with Gasteiger partial charge in [-0.25, -0.2) is 9.89 Å². The number of hydrogen-bond donors (Lipinski definition) is 2. The summed E-state index contributed by atoms with van der Waals surface area (Å²) in [6.07, 6.45) is 0. The van der Waals surface area contributed by atoms with E-state index < -0.39 is 0 Å². The Morgan fingerprint density at radius 2 is 2.00 bits per heavy atom. The summed E-state index contributed by atoms with van der Waals surface area (Å²) in [5.74, 6) is 0. The van der Waals surface area contributed by atoms with E-state index in [4.69, 9.17) is 17.0 Å². The van der Waals surface area contributed by atoms with Crippen LogP contribution in [-0.2, 0) is 11.3 Å². The maximum atomic E-state index is 11.3. The Labute approximate surface area is 91.8 Å². The van der Waals surface area contributed by atoms with Gasteiger partial charge in [0.15, 0.2) is 4.77 Å². The summed E-state index contributed by atoms with van der Waals surface area (Å²) in [6.45, 7) is 4.85. The minimum atomic E-state index is -0.173. The van der Waals surface area contributed by atoms with Gasteiger partial charge < -0.3 is 4.74 Å². The van der Waals surface area contributed by atoms with Gasteiger partial charge in [-0.1, -0.05) is 0 Å². The van der Waals surface area contributed by atoms with Gasteiger partial charge in [0.25, 0.3) is 0 Å². The zero-order valence-corrected chi connectivity index (χ0v) is 9.18. The van der Waals surface area contributed by atoms with Gasteiger partial charge >= 0.3 is 5.69 Å². The van der Waals surface area contributed by atoms with Crippen LogP contribution in [0.2, 0.25) is 0 Å². The molecule has 0 spiro atoms. The SMILES string of the molecule is O=c1[nH][nH]c(=S)n1CCN1CCOCC1. The second kappa shape index (κ2) is 4.73. The Kier molecular flexibility index (Phi) is 3.34. The highest BCUT2D eigenvalue weighted by Gasteiger charge is 2.10. The third kappa shape index (κ3) is 2.55. The standard InChI is InChI=1S/C8H14N4O2S/c13-7-9-10-8(15)12(7)2-1-11-3-5-14-6-4-11/h1-6H2,(H,9,13)(H,10,15). The fourth-order valence-electron chi connectivity index (χ4n) is 1.60. The number of aromatic amines is 2. The Morgan fingerprint density at radius 1 is 1.27 bits per heavy atom. The second-order valence-corrected chi connectivity index (χ2v) is 3.85. The number of nitrogens with zero attached hydrogens (tertiary/aromatic N) is 2. The molecule has 0 aliphatic carbocycles. The summed E-state index contributed by atoms with van der Waals surface area (Å²) in [5.41, 5.74) is -0.173. The van der Waals surface area contributed by atoms with Crippen LogP contribution in [0.3, 0.4) is 0 Å². The molecule has 0 bridgehead atoms. The zero-order chi connectivity index (χ0) is 10.7. The molecule has 1 fully saturated rings. The highest BCUT2D eigenvalue weighted by Crippen LogP contribution is 1.96. The van der Waals surface area contributed by atoms with Crippen molar-refractivity contribution in [1.29, 1.82) is 0 Å². The van der Waals surface area contributed by atoms with Crippen LogP contribution in [0.4, 0.5) is 0 Å².